The summed E-state index contributed by atoms with van der Waals surface area (Å²) in [7, 11) is 0. The van der Waals surface area contributed by atoms with Crippen molar-refractivity contribution in [3.8, 4) is 0 Å². The van der Waals surface area contributed by atoms with Crippen LogP contribution in [0.5, 0.6) is 0 Å². The summed E-state index contributed by atoms with van der Waals surface area (Å²) in [5, 5.41) is 2.71. The minimum Gasteiger partial charge on any atom is -0.455 e. The van der Waals surface area contributed by atoms with Crippen LogP contribution in [-0.4, -0.2) is 42.4 Å². The Kier molecular flexibility index (Phi) is 6.51. The molecule has 2 aliphatic heterocycles. The lowest BCUT2D eigenvalue weighted by molar-refractivity contribution is -0.0245. The molecular weight excluding hydrogens is 376 g/mol. The zero-order valence-corrected chi connectivity index (χ0v) is 17.1. The molecule has 1 saturated heterocycles. The summed E-state index contributed by atoms with van der Waals surface area (Å²) in [4.78, 5) is 25.8. The highest BCUT2D eigenvalue weighted by Crippen LogP contribution is 2.25. The first-order valence-corrected chi connectivity index (χ1v) is 9.78. The Bertz CT molecular complexity index is 725. The zero-order chi connectivity index (χ0) is 20.9. The number of nitrogens with one attached hydrogen (secondary N) is 1. The van der Waals surface area contributed by atoms with Crippen LogP contribution in [0, 0.1) is 5.92 Å². The quantitative estimate of drug-likeness (QED) is 0.801. The van der Waals surface area contributed by atoms with Gasteiger partial charge in [0.15, 0.2) is 0 Å². The van der Waals surface area contributed by atoms with E-state index >= 15 is 0 Å². The summed E-state index contributed by atoms with van der Waals surface area (Å²) in [6.45, 7) is 7.08. The third-order valence-electron chi connectivity index (χ3n) is 4.61. The number of hydrogen-bond acceptors (Lipinski definition) is 6. The maximum absolute atomic E-state index is 12.1. The fourth-order valence-electron chi connectivity index (χ4n) is 3.08. The summed E-state index contributed by atoms with van der Waals surface area (Å²) in [5.41, 5.74) is 0.983. The Hall–Kier alpha value is -2.90. The Morgan fingerprint density at radius 2 is 1.72 bits per heavy atom. The van der Waals surface area contributed by atoms with Crippen LogP contribution in [0.1, 0.15) is 45.5 Å². The van der Waals surface area contributed by atoms with Crippen LogP contribution in [0.4, 0.5) is 15.3 Å². The van der Waals surface area contributed by atoms with Gasteiger partial charge in [-0.1, -0.05) is 0 Å². The van der Waals surface area contributed by atoms with E-state index < -0.39 is 18.0 Å². The molecule has 8 heteroatoms. The Balaban J connectivity index is 1.36. The number of carbonyl (C=O) groups excluding carboxylic acids is 2. The first-order chi connectivity index (χ1) is 13.8. The lowest BCUT2D eigenvalue weighted by Crippen LogP contribution is -2.42. The Morgan fingerprint density at radius 1 is 1.10 bits per heavy atom. The van der Waals surface area contributed by atoms with Crippen LogP contribution in [0.15, 0.2) is 36.8 Å². The summed E-state index contributed by atoms with van der Waals surface area (Å²) < 4.78 is 21.3. The van der Waals surface area contributed by atoms with Crippen LogP contribution in [0.25, 0.3) is 0 Å². The van der Waals surface area contributed by atoms with Crippen molar-refractivity contribution < 1.29 is 28.5 Å². The summed E-state index contributed by atoms with van der Waals surface area (Å²) >= 11 is 0. The van der Waals surface area contributed by atoms with Gasteiger partial charge in [-0.2, -0.15) is 0 Å². The molecule has 0 saturated carbocycles. The van der Waals surface area contributed by atoms with Crippen LogP contribution in [0.2, 0.25) is 0 Å². The lowest BCUT2D eigenvalue weighted by Gasteiger charge is -2.33. The highest BCUT2D eigenvalue weighted by atomic mass is 16.7. The van der Waals surface area contributed by atoms with Gasteiger partial charge in [0.2, 0.25) is 0 Å². The number of ether oxygens (including phenoxy) is 4. The topological polar surface area (TPSA) is 86.3 Å². The predicted molar refractivity (Wildman–Crippen MR) is 106 cm³/mol. The number of benzene rings is 1. The van der Waals surface area contributed by atoms with E-state index in [0.717, 1.165) is 18.4 Å². The molecule has 1 aromatic carbocycles. The SMILES string of the molecule is CC(C)(C)OC(=O)N1CCC(COC(=O)Nc2ccc(C3OC=CO3)cc2)CC1. The van der Waals surface area contributed by atoms with Gasteiger partial charge in [-0.3, -0.25) is 5.32 Å². The Morgan fingerprint density at radius 3 is 2.31 bits per heavy atom. The standard InChI is InChI=1S/C21H28N2O6/c1-21(2,3)29-20(25)23-10-8-15(9-11-23)14-28-19(24)22-17-6-4-16(5-7-17)18-26-12-13-27-18/h4-7,12-13,15,18H,8-11,14H2,1-3H3,(H,22,24). The molecule has 0 atom stereocenters. The molecule has 0 spiro atoms. The molecule has 8 nitrogen and oxygen atoms in total. The molecule has 0 aromatic heterocycles. The maximum atomic E-state index is 12.1. The molecule has 2 heterocycles. The third-order valence-corrected chi connectivity index (χ3v) is 4.61. The molecule has 0 radical (unpaired) electrons. The molecule has 158 valence electrons. The molecule has 1 fully saturated rings. The maximum Gasteiger partial charge on any atom is 0.411 e. The van der Waals surface area contributed by atoms with Crippen molar-refractivity contribution in [1.82, 2.24) is 4.90 Å². The van der Waals surface area contributed by atoms with Gasteiger partial charge in [0.1, 0.15) is 18.1 Å². The van der Waals surface area contributed by atoms with E-state index in [0.29, 0.717) is 25.4 Å². The number of anilines is 1. The number of piperidine rings is 1. The molecule has 0 unspecified atom stereocenters. The third kappa shape index (κ3) is 6.30. The highest BCUT2D eigenvalue weighted by molar-refractivity contribution is 5.84. The number of rotatable bonds is 4. The zero-order valence-electron chi connectivity index (χ0n) is 17.1. The van der Waals surface area contributed by atoms with E-state index in [9.17, 15) is 9.59 Å². The predicted octanol–water partition coefficient (Wildman–Crippen LogP) is 4.40. The van der Waals surface area contributed by atoms with Gasteiger partial charge < -0.3 is 23.8 Å². The number of carbonyl (C=O) groups is 2. The van der Waals surface area contributed by atoms with Crippen LogP contribution < -0.4 is 5.32 Å². The van der Waals surface area contributed by atoms with Crippen molar-refractivity contribution in [1.29, 1.82) is 0 Å². The van der Waals surface area contributed by atoms with Gasteiger partial charge in [0.25, 0.3) is 6.29 Å². The van der Waals surface area contributed by atoms with E-state index in [1.807, 2.05) is 32.9 Å². The summed E-state index contributed by atoms with van der Waals surface area (Å²) in [6, 6.07) is 7.17. The van der Waals surface area contributed by atoms with E-state index in [1.165, 1.54) is 12.5 Å². The monoisotopic (exact) mass is 404 g/mol. The summed E-state index contributed by atoms with van der Waals surface area (Å²) in [6.07, 6.45) is 3.30. The smallest absolute Gasteiger partial charge is 0.411 e. The molecule has 0 aliphatic carbocycles. The van der Waals surface area contributed by atoms with Crippen molar-refractivity contribution >= 4 is 17.9 Å². The fourth-order valence-corrected chi connectivity index (χ4v) is 3.08. The van der Waals surface area contributed by atoms with Crippen molar-refractivity contribution in [2.24, 2.45) is 5.92 Å². The van der Waals surface area contributed by atoms with Crippen LogP contribution >= 0.6 is 0 Å². The number of likely N-dealkylation sites (tertiary alicyclic amines) is 1. The second-order valence-corrected chi connectivity index (χ2v) is 8.13. The molecule has 29 heavy (non-hydrogen) atoms. The van der Waals surface area contributed by atoms with E-state index in [-0.39, 0.29) is 12.0 Å². The first-order valence-electron chi connectivity index (χ1n) is 9.78. The van der Waals surface area contributed by atoms with Crippen LogP contribution in [-0.2, 0) is 18.9 Å². The molecule has 2 aliphatic rings. The van der Waals surface area contributed by atoms with Crippen molar-refractivity contribution in [2.75, 3.05) is 25.0 Å². The number of amides is 2. The summed E-state index contributed by atoms with van der Waals surface area (Å²) in [5.74, 6) is 0.228. The molecule has 1 aromatic rings. The van der Waals surface area contributed by atoms with Gasteiger partial charge >= 0.3 is 12.2 Å². The van der Waals surface area contributed by atoms with Gasteiger partial charge in [0.05, 0.1) is 6.61 Å². The second-order valence-electron chi connectivity index (χ2n) is 8.13. The minimum absolute atomic E-state index is 0.228. The van der Waals surface area contributed by atoms with E-state index in [1.54, 1.807) is 17.0 Å². The van der Waals surface area contributed by atoms with Crippen LogP contribution in [0.3, 0.4) is 0 Å². The lowest BCUT2D eigenvalue weighted by atomic mass is 9.98. The molecular formula is C21H28N2O6. The highest BCUT2D eigenvalue weighted by Gasteiger charge is 2.27. The fraction of sp³-hybridized carbons (Fsp3) is 0.524. The van der Waals surface area contributed by atoms with E-state index in [4.69, 9.17) is 18.9 Å². The molecule has 1 N–H and O–H groups in total. The van der Waals surface area contributed by atoms with Crippen molar-refractivity contribution in [3.05, 3.63) is 42.4 Å². The largest absolute Gasteiger partial charge is 0.455 e. The number of hydrogen-bond donors (Lipinski definition) is 1. The minimum atomic E-state index is -0.499. The molecule has 3 rings (SSSR count). The molecule has 0 bridgehead atoms. The van der Waals surface area contributed by atoms with E-state index in [2.05, 4.69) is 5.32 Å². The molecule has 2 amide bonds. The Labute approximate surface area is 170 Å². The average molecular weight is 404 g/mol. The van der Waals surface area contributed by atoms with Gasteiger partial charge in [0, 0.05) is 24.3 Å². The van der Waals surface area contributed by atoms with Gasteiger partial charge in [-0.15, -0.1) is 0 Å². The first kappa shape index (κ1) is 20.8. The average Bonchev–Trinajstić information content (AvgIpc) is 3.21. The van der Waals surface area contributed by atoms with Crippen molar-refractivity contribution in [3.63, 3.8) is 0 Å². The van der Waals surface area contributed by atoms with Gasteiger partial charge in [-0.25, -0.2) is 9.59 Å². The normalized spacial score (nSPS) is 17.4. The van der Waals surface area contributed by atoms with Crippen molar-refractivity contribution in [2.45, 2.75) is 45.5 Å². The van der Waals surface area contributed by atoms with Gasteiger partial charge in [-0.05, 0) is 63.8 Å². The second kappa shape index (κ2) is 9.07. The number of nitrogens with zero attached hydrogens (tertiary/aromatic N) is 1.